The minimum absolute atomic E-state index is 0.144. The maximum Gasteiger partial charge on any atom is 0.239 e. The monoisotopic (exact) mass is 338 g/mol. The number of halogens is 2. The molecule has 0 N–H and O–H groups in total. The summed E-state index contributed by atoms with van der Waals surface area (Å²) < 4.78 is 5.66. The predicted molar refractivity (Wildman–Crippen MR) is 59.1 cm³/mol. The molecule has 1 aromatic heterocycles. The quantitative estimate of drug-likeness (QED) is 0.446. The van der Waals surface area contributed by atoms with Gasteiger partial charge in [0, 0.05) is 18.9 Å². The maximum absolute atomic E-state index is 10.4. The number of amides is 2. The lowest BCUT2D eigenvalue weighted by molar-refractivity contribution is -0.131. The number of alkyl halides is 1. The Bertz CT molecular complexity index is 324. The van der Waals surface area contributed by atoms with Crippen LogP contribution >= 0.6 is 32.1 Å². The topological polar surface area (TPSA) is 63.4 Å². The molecule has 0 atom stereocenters. The number of carbonyl (C=O) groups excluding carboxylic acids is 2. The van der Waals surface area contributed by atoms with Crippen molar-refractivity contribution in [3.05, 3.63) is 18.0 Å². The number of nitrogens with zero attached hydrogens (tertiary/aromatic N) is 2. The van der Waals surface area contributed by atoms with Crippen LogP contribution in [0.25, 0.3) is 0 Å². The lowest BCUT2D eigenvalue weighted by atomic mass is 10.4. The normalized spacial score (nSPS) is 15.2. The number of hydrogen-bond acceptors (Lipinski definition) is 4. The Morgan fingerprint density at radius 2 is 2.00 bits per heavy atom. The first kappa shape index (κ1) is 12.4. The fourth-order valence-corrected chi connectivity index (χ4v) is 1.50. The largest absolute Gasteiger partial charge is 0.361 e. The van der Waals surface area contributed by atoms with Gasteiger partial charge in [0.25, 0.3) is 0 Å². The van der Waals surface area contributed by atoms with Crippen molar-refractivity contribution in [2.45, 2.75) is 18.2 Å². The minimum atomic E-state index is -0.144. The smallest absolute Gasteiger partial charge is 0.239 e. The van der Waals surface area contributed by atoms with Gasteiger partial charge in [-0.3, -0.25) is 9.59 Å². The van der Waals surface area contributed by atoms with E-state index in [9.17, 15) is 9.59 Å². The van der Waals surface area contributed by atoms with Crippen molar-refractivity contribution in [1.82, 2.24) is 9.08 Å². The molecule has 0 spiro atoms. The Morgan fingerprint density at radius 3 is 2.20 bits per heavy atom. The zero-order chi connectivity index (χ0) is 11.3. The summed E-state index contributed by atoms with van der Waals surface area (Å²) in [4.78, 5) is 20.9. The highest BCUT2D eigenvalue weighted by Crippen LogP contribution is 2.14. The molecule has 0 aliphatic carbocycles. The second kappa shape index (κ2) is 6.02. The van der Waals surface area contributed by atoms with Gasteiger partial charge in [0.2, 0.25) is 11.8 Å². The molecular weight excluding hydrogens is 332 g/mol. The van der Waals surface area contributed by atoms with Crippen molar-refractivity contribution in [2.75, 3.05) is 0 Å². The van der Waals surface area contributed by atoms with Gasteiger partial charge in [-0.15, -0.1) is 0 Å². The Balaban J connectivity index is 0.000000151. The van der Waals surface area contributed by atoms with Crippen LogP contribution in [0.5, 0.6) is 0 Å². The fourth-order valence-electron chi connectivity index (χ4n) is 0.860. The van der Waals surface area contributed by atoms with Crippen LogP contribution < -0.4 is 0 Å². The molecular formula is C8H8Br2N2O3. The van der Waals surface area contributed by atoms with E-state index >= 15 is 0 Å². The molecule has 0 unspecified atom stereocenters. The molecule has 15 heavy (non-hydrogen) atoms. The molecule has 82 valence electrons. The van der Waals surface area contributed by atoms with Crippen molar-refractivity contribution >= 4 is 43.9 Å². The van der Waals surface area contributed by atoms with Gasteiger partial charge >= 0.3 is 0 Å². The molecule has 7 heteroatoms. The van der Waals surface area contributed by atoms with Crippen LogP contribution in [0.15, 0.2) is 16.8 Å². The molecule has 2 amide bonds. The molecule has 1 fully saturated rings. The van der Waals surface area contributed by atoms with Crippen LogP contribution in [-0.4, -0.2) is 20.9 Å². The maximum atomic E-state index is 10.4. The zero-order valence-electron chi connectivity index (χ0n) is 7.65. The highest BCUT2D eigenvalue weighted by molar-refractivity contribution is 9.08. The van der Waals surface area contributed by atoms with E-state index in [4.69, 9.17) is 0 Å². The Morgan fingerprint density at radius 1 is 1.40 bits per heavy atom. The summed E-state index contributed by atoms with van der Waals surface area (Å²) in [5.41, 5.74) is 0. The van der Waals surface area contributed by atoms with Gasteiger partial charge in [0.15, 0.2) is 0 Å². The van der Waals surface area contributed by atoms with Crippen LogP contribution in [0.1, 0.15) is 18.6 Å². The highest BCUT2D eigenvalue weighted by Gasteiger charge is 2.26. The van der Waals surface area contributed by atoms with Crippen LogP contribution in [-0.2, 0) is 14.9 Å². The second-order valence-electron chi connectivity index (χ2n) is 2.68. The number of rotatable bonds is 1. The van der Waals surface area contributed by atoms with Crippen molar-refractivity contribution in [3.63, 3.8) is 0 Å². The van der Waals surface area contributed by atoms with Gasteiger partial charge in [-0.2, -0.15) is 0 Å². The summed E-state index contributed by atoms with van der Waals surface area (Å²) in [7, 11) is 0. The molecule has 0 saturated carbocycles. The van der Waals surface area contributed by atoms with E-state index in [0.717, 1.165) is 15.0 Å². The van der Waals surface area contributed by atoms with Gasteiger partial charge in [0.05, 0.1) is 27.7 Å². The summed E-state index contributed by atoms with van der Waals surface area (Å²) >= 11 is 6.01. The van der Waals surface area contributed by atoms with E-state index in [1.54, 1.807) is 6.20 Å². The van der Waals surface area contributed by atoms with Crippen molar-refractivity contribution in [3.8, 4) is 0 Å². The predicted octanol–water partition coefficient (Wildman–Crippen LogP) is 2.01. The van der Waals surface area contributed by atoms with Crippen molar-refractivity contribution in [1.29, 1.82) is 0 Å². The van der Waals surface area contributed by atoms with Gasteiger partial charge in [-0.25, -0.2) is 3.93 Å². The highest BCUT2D eigenvalue weighted by atomic mass is 79.9. The second-order valence-corrected chi connectivity index (χ2v) is 3.95. The first-order chi connectivity index (χ1) is 7.15. The zero-order valence-corrected chi connectivity index (χ0v) is 10.8. The molecule has 0 bridgehead atoms. The molecule has 1 aliphatic rings. The van der Waals surface area contributed by atoms with Gasteiger partial charge < -0.3 is 4.52 Å². The first-order valence-corrected chi connectivity index (χ1v) is 5.95. The standard InChI is InChI=1S/C4H4BrNO2.C4H4BrNO/c5-6-3(7)1-2-4(6)8;5-3-4-1-2-6-7-4/h1-2H2;1-2H,3H2. The van der Waals surface area contributed by atoms with E-state index in [0.29, 0.717) is 12.8 Å². The summed E-state index contributed by atoms with van der Waals surface area (Å²) in [5, 5.41) is 4.23. The lowest BCUT2D eigenvalue weighted by Crippen LogP contribution is -2.16. The molecule has 1 aliphatic heterocycles. The Labute approximate surface area is 103 Å². The number of hydrogen-bond donors (Lipinski definition) is 0. The molecule has 5 nitrogen and oxygen atoms in total. The Kier molecular flexibility index (Phi) is 4.97. The van der Waals surface area contributed by atoms with Crippen molar-refractivity contribution in [2.24, 2.45) is 0 Å². The summed E-state index contributed by atoms with van der Waals surface area (Å²) in [5.74, 6) is 0.574. The third-order valence-corrected chi connectivity index (χ3v) is 2.96. The summed E-state index contributed by atoms with van der Waals surface area (Å²) in [6.45, 7) is 0. The number of imide groups is 1. The van der Waals surface area contributed by atoms with Crippen LogP contribution in [0.3, 0.4) is 0 Å². The first-order valence-electron chi connectivity index (χ1n) is 4.12. The average molecular weight is 340 g/mol. The van der Waals surface area contributed by atoms with E-state index < -0.39 is 0 Å². The van der Waals surface area contributed by atoms with Gasteiger partial charge in [0.1, 0.15) is 5.76 Å². The summed E-state index contributed by atoms with van der Waals surface area (Å²) in [6.07, 6.45) is 2.32. The van der Waals surface area contributed by atoms with E-state index in [-0.39, 0.29) is 11.8 Å². The van der Waals surface area contributed by atoms with Crippen molar-refractivity contribution < 1.29 is 14.1 Å². The fraction of sp³-hybridized carbons (Fsp3) is 0.375. The third kappa shape index (κ3) is 3.75. The van der Waals surface area contributed by atoms with E-state index in [2.05, 4.69) is 41.8 Å². The van der Waals surface area contributed by atoms with E-state index in [1.807, 2.05) is 6.07 Å². The average Bonchev–Trinajstić information content (AvgIpc) is 2.85. The SMILES string of the molecule is BrCc1ccno1.O=C1CCC(=O)N1Br. The minimum Gasteiger partial charge on any atom is -0.361 e. The Hall–Kier alpha value is -0.690. The van der Waals surface area contributed by atoms with E-state index in [1.165, 1.54) is 0 Å². The molecule has 1 saturated heterocycles. The number of carbonyl (C=O) groups is 2. The lowest BCUT2D eigenvalue weighted by Gasteiger charge is -1.97. The number of aromatic nitrogens is 1. The van der Waals surface area contributed by atoms with Crippen LogP contribution in [0.4, 0.5) is 0 Å². The molecule has 2 rings (SSSR count). The molecule has 1 aromatic rings. The molecule has 0 aromatic carbocycles. The molecule has 0 radical (unpaired) electrons. The van der Waals surface area contributed by atoms with Gasteiger partial charge in [-0.05, 0) is 0 Å². The van der Waals surface area contributed by atoms with Crippen LogP contribution in [0, 0.1) is 0 Å². The third-order valence-electron chi connectivity index (χ3n) is 1.61. The van der Waals surface area contributed by atoms with Crippen LogP contribution in [0.2, 0.25) is 0 Å². The summed E-state index contributed by atoms with van der Waals surface area (Å²) in [6, 6.07) is 1.81. The molecule has 2 heterocycles. The van der Waals surface area contributed by atoms with Gasteiger partial charge in [-0.1, -0.05) is 21.1 Å².